The third-order valence-corrected chi connectivity index (χ3v) is 6.83. The summed E-state index contributed by atoms with van der Waals surface area (Å²) >= 11 is 8.16. The van der Waals surface area contributed by atoms with Crippen molar-refractivity contribution >= 4 is 63.8 Å². The highest BCUT2D eigenvalue weighted by atomic mass is 127. The second kappa shape index (κ2) is 13.0. The van der Waals surface area contributed by atoms with Crippen LogP contribution in [0.15, 0.2) is 66.2 Å². The van der Waals surface area contributed by atoms with E-state index in [0.29, 0.717) is 43.7 Å². The molecule has 39 heavy (non-hydrogen) atoms. The molecule has 0 bridgehead atoms. The number of methoxy groups -OCH3 is 1. The summed E-state index contributed by atoms with van der Waals surface area (Å²) in [6.07, 6.45) is 3.35. The molecule has 10 heteroatoms. The fourth-order valence-corrected chi connectivity index (χ4v) is 4.82. The molecule has 0 radical (unpaired) electrons. The molecule has 0 saturated carbocycles. The topological polar surface area (TPSA) is 94.2 Å². The fourth-order valence-electron chi connectivity index (χ4n) is 3.83. The van der Waals surface area contributed by atoms with Gasteiger partial charge in [0.15, 0.2) is 11.5 Å². The average molecular weight is 661 g/mol. The first-order valence-corrected chi connectivity index (χ1v) is 13.7. The Morgan fingerprint density at radius 2 is 1.79 bits per heavy atom. The Balaban J connectivity index is 1.57. The number of nitrogens with one attached hydrogen (secondary N) is 1. The molecule has 8 nitrogen and oxygen atoms in total. The summed E-state index contributed by atoms with van der Waals surface area (Å²) in [5.41, 5.74) is 1.54. The predicted molar refractivity (Wildman–Crippen MR) is 157 cm³/mol. The largest absolute Gasteiger partial charge is 0.494 e. The van der Waals surface area contributed by atoms with Crippen LogP contribution in [-0.2, 0) is 16.2 Å². The highest BCUT2D eigenvalue weighted by Gasteiger charge is 2.37. The number of urea groups is 1. The molecule has 0 atom stereocenters. The van der Waals surface area contributed by atoms with Crippen molar-refractivity contribution in [3.63, 3.8) is 0 Å². The lowest BCUT2D eigenvalue weighted by Gasteiger charge is -2.26. The molecule has 1 N–H and O–H groups in total. The molecular weight excluding hydrogens is 635 g/mol. The molecule has 0 spiro atoms. The molecule has 4 amide bonds. The van der Waals surface area contributed by atoms with Crippen molar-refractivity contribution in [2.75, 3.05) is 18.6 Å². The molecule has 4 rings (SSSR count). The monoisotopic (exact) mass is 660 g/mol. The van der Waals surface area contributed by atoms with Crippen molar-refractivity contribution in [1.82, 2.24) is 5.32 Å². The summed E-state index contributed by atoms with van der Waals surface area (Å²) < 4.78 is 17.9. The minimum Gasteiger partial charge on any atom is -0.494 e. The maximum absolute atomic E-state index is 13.3. The van der Waals surface area contributed by atoms with Crippen molar-refractivity contribution in [1.29, 1.82) is 0 Å². The number of carbonyl (C=O) groups excluding carboxylic acids is 3. The number of rotatable bonds is 10. The Kier molecular flexibility index (Phi) is 9.47. The number of anilines is 1. The van der Waals surface area contributed by atoms with Crippen molar-refractivity contribution in [2.45, 2.75) is 26.4 Å². The van der Waals surface area contributed by atoms with Gasteiger partial charge in [-0.2, -0.15) is 0 Å². The third kappa shape index (κ3) is 6.90. The van der Waals surface area contributed by atoms with Gasteiger partial charge in [-0.25, -0.2) is 9.69 Å². The van der Waals surface area contributed by atoms with Gasteiger partial charge in [-0.3, -0.25) is 14.9 Å². The number of carbonyl (C=O) groups is 3. The van der Waals surface area contributed by atoms with Crippen LogP contribution in [0.4, 0.5) is 10.5 Å². The molecule has 1 aliphatic heterocycles. The Bertz CT molecular complexity index is 1420. The number of imide groups is 2. The van der Waals surface area contributed by atoms with Gasteiger partial charge in [0.25, 0.3) is 11.8 Å². The van der Waals surface area contributed by atoms with Crippen LogP contribution in [0.1, 0.15) is 30.9 Å². The van der Waals surface area contributed by atoms with E-state index in [9.17, 15) is 14.4 Å². The molecule has 1 heterocycles. The Morgan fingerprint density at radius 1 is 1.03 bits per heavy atom. The van der Waals surface area contributed by atoms with Crippen LogP contribution >= 0.6 is 34.2 Å². The second-order valence-electron chi connectivity index (χ2n) is 8.61. The smallest absolute Gasteiger partial charge is 0.335 e. The van der Waals surface area contributed by atoms with Crippen LogP contribution in [0.2, 0.25) is 5.02 Å². The van der Waals surface area contributed by atoms with E-state index in [1.54, 1.807) is 42.5 Å². The minimum absolute atomic E-state index is 0.191. The van der Waals surface area contributed by atoms with Gasteiger partial charge in [0, 0.05) is 5.02 Å². The van der Waals surface area contributed by atoms with Crippen molar-refractivity contribution < 1.29 is 28.6 Å². The fraction of sp³-hybridized carbons (Fsp3) is 0.207. The number of barbiturate groups is 1. The van der Waals surface area contributed by atoms with Gasteiger partial charge in [-0.1, -0.05) is 37.1 Å². The number of ether oxygens (including phenoxy) is 3. The van der Waals surface area contributed by atoms with Gasteiger partial charge in [0.05, 0.1) is 23.0 Å². The van der Waals surface area contributed by atoms with Gasteiger partial charge in [-0.15, -0.1) is 0 Å². The molecular formula is C29H26ClIN2O6. The molecule has 0 aliphatic carbocycles. The van der Waals surface area contributed by atoms with Crippen molar-refractivity contribution in [2.24, 2.45) is 0 Å². The molecule has 1 fully saturated rings. The van der Waals surface area contributed by atoms with Gasteiger partial charge in [0.1, 0.15) is 17.9 Å². The Hall–Kier alpha value is -3.57. The van der Waals surface area contributed by atoms with E-state index in [1.165, 1.54) is 13.2 Å². The van der Waals surface area contributed by atoms with Gasteiger partial charge in [-0.05, 0) is 94.7 Å². The summed E-state index contributed by atoms with van der Waals surface area (Å²) in [4.78, 5) is 39.5. The molecule has 3 aromatic carbocycles. The van der Waals surface area contributed by atoms with E-state index >= 15 is 0 Å². The van der Waals surface area contributed by atoms with E-state index in [1.807, 2.05) is 18.2 Å². The maximum Gasteiger partial charge on any atom is 0.335 e. The van der Waals surface area contributed by atoms with Gasteiger partial charge in [0.2, 0.25) is 0 Å². The number of hydrogen-bond acceptors (Lipinski definition) is 6. The van der Waals surface area contributed by atoms with Crippen LogP contribution in [-0.4, -0.2) is 31.6 Å². The highest BCUT2D eigenvalue weighted by molar-refractivity contribution is 14.1. The zero-order valence-corrected chi connectivity index (χ0v) is 24.2. The average Bonchev–Trinajstić information content (AvgIpc) is 2.91. The van der Waals surface area contributed by atoms with Gasteiger partial charge >= 0.3 is 6.03 Å². The minimum atomic E-state index is -0.821. The predicted octanol–water partition coefficient (Wildman–Crippen LogP) is 6.38. The Morgan fingerprint density at radius 3 is 2.49 bits per heavy atom. The van der Waals surface area contributed by atoms with E-state index in [2.05, 4.69) is 34.8 Å². The van der Waals surface area contributed by atoms with Crippen LogP contribution in [0.3, 0.4) is 0 Å². The zero-order valence-electron chi connectivity index (χ0n) is 21.3. The number of unbranched alkanes of at least 4 members (excludes halogenated alkanes) is 1. The van der Waals surface area contributed by atoms with E-state index in [0.717, 1.165) is 23.3 Å². The van der Waals surface area contributed by atoms with Crippen LogP contribution in [0.25, 0.3) is 6.08 Å². The number of hydrogen-bond donors (Lipinski definition) is 1. The SMILES string of the molecule is CCCCOc1ccc(N2C(=O)NC(=O)/C(=C/c3cc(I)c(OCc4cccc(Cl)c4)c(OC)c3)C2=O)cc1. The maximum atomic E-state index is 13.3. The highest BCUT2D eigenvalue weighted by Crippen LogP contribution is 2.36. The quantitative estimate of drug-likeness (QED) is 0.118. The standard InChI is InChI=1S/C29H26ClIN2O6/c1-3-4-12-38-22-10-8-21(9-11-22)33-28(35)23(27(34)32-29(33)36)14-19-15-24(31)26(25(16-19)37-2)39-17-18-6-5-7-20(30)13-18/h5-11,13-16H,3-4,12,17H2,1-2H3,(H,32,34,36)/b23-14-. The summed E-state index contributed by atoms with van der Waals surface area (Å²) in [6, 6.07) is 16.5. The number of nitrogens with zero attached hydrogens (tertiary/aromatic N) is 1. The zero-order chi connectivity index (χ0) is 27.9. The molecule has 3 aromatic rings. The normalized spacial score (nSPS) is 14.4. The summed E-state index contributed by atoms with van der Waals surface area (Å²) in [5.74, 6) is 0.0432. The first-order valence-electron chi connectivity index (χ1n) is 12.2. The second-order valence-corrected chi connectivity index (χ2v) is 10.2. The van der Waals surface area contributed by atoms with Crippen molar-refractivity contribution in [3.8, 4) is 17.2 Å². The van der Waals surface area contributed by atoms with Crippen LogP contribution in [0, 0.1) is 3.57 Å². The molecule has 0 unspecified atom stereocenters. The van der Waals surface area contributed by atoms with E-state index in [4.69, 9.17) is 25.8 Å². The van der Waals surface area contributed by atoms with Gasteiger partial charge < -0.3 is 14.2 Å². The van der Waals surface area contributed by atoms with E-state index < -0.39 is 17.8 Å². The lowest BCUT2D eigenvalue weighted by Crippen LogP contribution is -2.54. The first-order chi connectivity index (χ1) is 18.8. The lowest BCUT2D eigenvalue weighted by molar-refractivity contribution is -0.122. The van der Waals surface area contributed by atoms with Crippen LogP contribution < -0.4 is 24.4 Å². The molecule has 0 aromatic heterocycles. The summed E-state index contributed by atoms with van der Waals surface area (Å²) in [5, 5.41) is 2.85. The van der Waals surface area contributed by atoms with Crippen LogP contribution in [0.5, 0.6) is 17.2 Å². The van der Waals surface area contributed by atoms with Crippen molar-refractivity contribution in [3.05, 3.63) is 86.0 Å². The Labute approximate surface area is 245 Å². The number of benzene rings is 3. The first kappa shape index (κ1) is 28.4. The lowest BCUT2D eigenvalue weighted by atomic mass is 10.1. The molecule has 1 saturated heterocycles. The summed E-state index contributed by atoms with van der Waals surface area (Å²) in [6.45, 7) is 2.92. The van der Waals surface area contributed by atoms with E-state index in [-0.39, 0.29) is 12.2 Å². The molecule has 202 valence electrons. The molecule has 1 aliphatic rings. The number of amides is 4. The number of halogens is 2. The summed E-state index contributed by atoms with van der Waals surface area (Å²) in [7, 11) is 1.50. The third-order valence-electron chi connectivity index (χ3n) is 5.80.